The van der Waals surface area contributed by atoms with Crippen LogP contribution in [0.3, 0.4) is 0 Å². The summed E-state index contributed by atoms with van der Waals surface area (Å²) >= 11 is 0. The van der Waals surface area contributed by atoms with Crippen LogP contribution in [0.15, 0.2) is 48.7 Å². The van der Waals surface area contributed by atoms with Gasteiger partial charge in [-0.3, -0.25) is 0 Å². The van der Waals surface area contributed by atoms with Gasteiger partial charge in [0, 0.05) is 19.8 Å². The Kier molecular flexibility index (Phi) is 2.95. The van der Waals surface area contributed by atoms with Crippen LogP contribution in [0.2, 0.25) is 0 Å². The van der Waals surface area contributed by atoms with Crippen LogP contribution in [0.5, 0.6) is 0 Å². The van der Waals surface area contributed by atoms with Crippen molar-refractivity contribution in [3.8, 4) is 0 Å². The summed E-state index contributed by atoms with van der Waals surface area (Å²) in [5, 5.41) is 5.96. The molecule has 0 fully saturated rings. The largest absolute Gasteiger partial charge is 0.352 e. The molecule has 0 radical (unpaired) electrons. The van der Waals surface area contributed by atoms with Crippen molar-refractivity contribution in [3.63, 3.8) is 0 Å². The van der Waals surface area contributed by atoms with Crippen molar-refractivity contribution in [1.29, 1.82) is 0 Å². The monoisotopic (exact) mass is 251 g/mol. The first-order chi connectivity index (χ1) is 9.24. The van der Waals surface area contributed by atoms with Gasteiger partial charge in [0.15, 0.2) is 0 Å². The highest BCUT2D eigenvalue weighted by atomic mass is 15.2. The Labute approximate surface area is 112 Å². The minimum absolute atomic E-state index is 0.783. The van der Waals surface area contributed by atoms with Gasteiger partial charge in [-0.2, -0.15) is 0 Å². The van der Waals surface area contributed by atoms with Gasteiger partial charge in [-0.05, 0) is 23.3 Å². The third-order valence-electron chi connectivity index (χ3n) is 3.31. The second-order valence-electron chi connectivity index (χ2n) is 4.81. The number of aryl methyl sites for hydroxylation is 2. The highest BCUT2D eigenvalue weighted by Gasteiger charge is 2.03. The highest BCUT2D eigenvalue weighted by molar-refractivity contribution is 5.85. The average molecular weight is 251 g/mol. The lowest BCUT2D eigenvalue weighted by Crippen LogP contribution is -2.05. The van der Waals surface area contributed by atoms with E-state index in [2.05, 4.69) is 52.8 Å². The number of hydrogen-bond acceptors (Lipinski definition) is 2. The second-order valence-corrected chi connectivity index (χ2v) is 4.81. The Morgan fingerprint density at radius 1 is 1.11 bits per heavy atom. The van der Waals surface area contributed by atoms with Crippen LogP contribution in [-0.4, -0.2) is 9.55 Å². The van der Waals surface area contributed by atoms with E-state index in [9.17, 15) is 0 Å². The molecule has 96 valence electrons. The van der Waals surface area contributed by atoms with Gasteiger partial charge in [0.1, 0.15) is 0 Å². The second kappa shape index (κ2) is 4.76. The van der Waals surface area contributed by atoms with Crippen molar-refractivity contribution in [2.45, 2.75) is 13.5 Å². The number of benzene rings is 2. The van der Waals surface area contributed by atoms with Crippen LogP contribution >= 0.6 is 0 Å². The summed E-state index contributed by atoms with van der Waals surface area (Å²) in [6, 6.07) is 14.9. The molecule has 0 aliphatic rings. The van der Waals surface area contributed by atoms with Crippen LogP contribution in [0.4, 0.5) is 5.95 Å². The van der Waals surface area contributed by atoms with Crippen molar-refractivity contribution in [1.82, 2.24) is 9.55 Å². The van der Waals surface area contributed by atoms with E-state index in [0.29, 0.717) is 0 Å². The molecule has 0 spiro atoms. The number of anilines is 1. The lowest BCUT2D eigenvalue weighted by atomic mass is 10.0. The Morgan fingerprint density at radius 2 is 1.89 bits per heavy atom. The molecule has 19 heavy (non-hydrogen) atoms. The first-order valence-electron chi connectivity index (χ1n) is 6.44. The third-order valence-corrected chi connectivity index (χ3v) is 3.31. The number of aromatic nitrogens is 2. The molecule has 0 saturated carbocycles. The van der Waals surface area contributed by atoms with Gasteiger partial charge >= 0.3 is 0 Å². The van der Waals surface area contributed by atoms with E-state index in [0.717, 1.165) is 18.2 Å². The first-order valence-corrected chi connectivity index (χ1v) is 6.44. The molecule has 0 saturated heterocycles. The fraction of sp³-hybridized carbons (Fsp3) is 0.188. The molecule has 3 nitrogen and oxygen atoms in total. The van der Waals surface area contributed by atoms with Crippen molar-refractivity contribution >= 4 is 16.7 Å². The summed E-state index contributed by atoms with van der Waals surface area (Å²) in [6.45, 7) is 2.79. The molecule has 0 bridgehead atoms. The number of hydrogen-bond donors (Lipinski definition) is 1. The summed E-state index contributed by atoms with van der Waals surface area (Å²) in [5.41, 5.74) is 2.32. The maximum atomic E-state index is 4.46. The molecule has 0 amide bonds. The zero-order chi connectivity index (χ0) is 13.2. The van der Waals surface area contributed by atoms with Gasteiger partial charge in [0.05, 0.1) is 5.69 Å². The molecule has 3 heteroatoms. The summed E-state index contributed by atoms with van der Waals surface area (Å²) in [5.74, 6) is 0.908. The lowest BCUT2D eigenvalue weighted by molar-refractivity contribution is 0.901. The maximum Gasteiger partial charge on any atom is 0.203 e. The molecule has 0 aliphatic carbocycles. The van der Waals surface area contributed by atoms with E-state index in [1.54, 1.807) is 0 Å². The Hall–Kier alpha value is -2.29. The van der Waals surface area contributed by atoms with E-state index in [4.69, 9.17) is 0 Å². The van der Waals surface area contributed by atoms with Gasteiger partial charge < -0.3 is 9.88 Å². The van der Waals surface area contributed by atoms with Crippen molar-refractivity contribution in [2.75, 3.05) is 5.32 Å². The first kappa shape index (κ1) is 11.8. The van der Waals surface area contributed by atoms with Crippen LogP contribution in [-0.2, 0) is 13.6 Å². The van der Waals surface area contributed by atoms with E-state index < -0.39 is 0 Å². The number of nitrogens with one attached hydrogen (secondary N) is 1. The fourth-order valence-corrected chi connectivity index (χ4v) is 2.40. The standard InChI is InChI=1S/C16H17N3/c1-12-11-19(2)16(18-12)17-10-14-8-5-7-13-6-3-4-9-15(13)14/h3-9,11H,10H2,1-2H3,(H,17,18). The molecule has 0 unspecified atom stereocenters. The smallest absolute Gasteiger partial charge is 0.203 e. The van der Waals surface area contributed by atoms with E-state index >= 15 is 0 Å². The predicted molar refractivity (Wildman–Crippen MR) is 79.2 cm³/mol. The molecule has 3 rings (SSSR count). The van der Waals surface area contributed by atoms with Gasteiger partial charge in [0.2, 0.25) is 5.95 Å². The van der Waals surface area contributed by atoms with Crippen LogP contribution < -0.4 is 5.32 Å². The highest BCUT2D eigenvalue weighted by Crippen LogP contribution is 2.19. The normalized spacial score (nSPS) is 10.8. The van der Waals surface area contributed by atoms with Gasteiger partial charge in [-0.1, -0.05) is 42.5 Å². The molecule has 2 aromatic carbocycles. The predicted octanol–water partition coefficient (Wildman–Crippen LogP) is 3.49. The van der Waals surface area contributed by atoms with Crippen molar-refractivity contribution < 1.29 is 0 Å². The number of imidazole rings is 1. The third kappa shape index (κ3) is 2.32. The number of rotatable bonds is 3. The molecule has 3 aromatic rings. The topological polar surface area (TPSA) is 29.9 Å². The van der Waals surface area contributed by atoms with Crippen molar-refractivity contribution in [2.24, 2.45) is 7.05 Å². The lowest BCUT2D eigenvalue weighted by Gasteiger charge is -2.09. The van der Waals surface area contributed by atoms with Gasteiger partial charge in [-0.25, -0.2) is 4.98 Å². The molecule has 1 heterocycles. The minimum atomic E-state index is 0.783. The fourth-order valence-electron chi connectivity index (χ4n) is 2.40. The molecule has 1 aromatic heterocycles. The van der Waals surface area contributed by atoms with Gasteiger partial charge in [-0.15, -0.1) is 0 Å². The zero-order valence-electron chi connectivity index (χ0n) is 11.2. The molecular formula is C16H17N3. The summed E-state index contributed by atoms with van der Waals surface area (Å²) in [6.07, 6.45) is 2.02. The van der Waals surface area contributed by atoms with E-state index in [1.165, 1.54) is 16.3 Å². The SMILES string of the molecule is Cc1cn(C)c(NCc2cccc3ccccc23)n1. The Bertz CT molecular complexity index is 708. The molecule has 1 N–H and O–H groups in total. The van der Waals surface area contributed by atoms with Crippen LogP contribution in [0.25, 0.3) is 10.8 Å². The summed E-state index contributed by atoms with van der Waals surface area (Å²) < 4.78 is 2.01. The van der Waals surface area contributed by atoms with E-state index in [-0.39, 0.29) is 0 Å². The van der Waals surface area contributed by atoms with E-state index in [1.807, 2.05) is 24.7 Å². The van der Waals surface area contributed by atoms with Crippen LogP contribution in [0.1, 0.15) is 11.3 Å². The summed E-state index contributed by atoms with van der Waals surface area (Å²) in [7, 11) is 2.01. The molecule has 0 atom stereocenters. The maximum absolute atomic E-state index is 4.46. The van der Waals surface area contributed by atoms with Crippen LogP contribution in [0, 0.1) is 6.92 Å². The molecular weight excluding hydrogens is 234 g/mol. The van der Waals surface area contributed by atoms with Gasteiger partial charge in [0.25, 0.3) is 0 Å². The quantitative estimate of drug-likeness (QED) is 0.772. The average Bonchev–Trinajstić information content (AvgIpc) is 2.74. The Balaban J connectivity index is 1.88. The number of fused-ring (bicyclic) bond motifs is 1. The summed E-state index contributed by atoms with van der Waals surface area (Å²) in [4.78, 5) is 4.46. The Morgan fingerprint density at radius 3 is 2.68 bits per heavy atom. The minimum Gasteiger partial charge on any atom is -0.352 e. The van der Waals surface area contributed by atoms with Crippen molar-refractivity contribution in [3.05, 3.63) is 59.9 Å². The number of nitrogens with zero attached hydrogens (tertiary/aromatic N) is 2. The molecule has 0 aliphatic heterocycles. The zero-order valence-corrected chi connectivity index (χ0v) is 11.2.